The van der Waals surface area contributed by atoms with E-state index in [1.807, 2.05) is 4.90 Å². The third-order valence-electron chi connectivity index (χ3n) is 4.47. The molecule has 1 N–H and O–H groups in total. The molecule has 0 unspecified atom stereocenters. The molecule has 4 heteroatoms. The first kappa shape index (κ1) is 13.4. The number of carbonyl (C=O) groups excluding carboxylic acids is 2. The largest absolute Gasteiger partial charge is 0.342 e. The highest BCUT2D eigenvalue weighted by atomic mass is 16.2. The molecule has 1 aliphatic carbocycles. The Hall–Kier alpha value is -1.06. The minimum Gasteiger partial charge on any atom is -0.342 e. The summed E-state index contributed by atoms with van der Waals surface area (Å²) in [6, 6.07) is 0.280. The molecule has 4 nitrogen and oxygen atoms in total. The van der Waals surface area contributed by atoms with Gasteiger partial charge in [-0.25, -0.2) is 0 Å². The maximum Gasteiger partial charge on any atom is 0.248 e. The highest BCUT2D eigenvalue weighted by Gasteiger charge is 2.47. The summed E-state index contributed by atoms with van der Waals surface area (Å²) in [4.78, 5) is 26.6. The quantitative estimate of drug-likeness (QED) is 0.833. The fourth-order valence-electron chi connectivity index (χ4n) is 3.38. The third kappa shape index (κ3) is 2.25. The van der Waals surface area contributed by atoms with Crippen molar-refractivity contribution >= 4 is 11.8 Å². The summed E-state index contributed by atoms with van der Waals surface area (Å²) in [5, 5.41) is 3.01. The van der Waals surface area contributed by atoms with Gasteiger partial charge in [-0.1, -0.05) is 26.7 Å². The molecule has 2 rings (SSSR count). The van der Waals surface area contributed by atoms with Gasteiger partial charge in [-0.05, 0) is 25.7 Å². The zero-order valence-electron chi connectivity index (χ0n) is 11.5. The molecule has 102 valence electrons. The van der Waals surface area contributed by atoms with Crippen molar-refractivity contribution in [2.45, 2.75) is 70.4 Å². The molecule has 0 atom stereocenters. The van der Waals surface area contributed by atoms with Crippen LogP contribution in [0.25, 0.3) is 0 Å². The summed E-state index contributed by atoms with van der Waals surface area (Å²) in [5.74, 6) is 0.207. The Morgan fingerprint density at radius 3 is 2.39 bits per heavy atom. The van der Waals surface area contributed by atoms with Crippen LogP contribution in [-0.2, 0) is 9.59 Å². The van der Waals surface area contributed by atoms with Gasteiger partial charge in [0.2, 0.25) is 11.8 Å². The van der Waals surface area contributed by atoms with Gasteiger partial charge in [-0.15, -0.1) is 0 Å². The number of hydrogen-bond donors (Lipinski definition) is 1. The van der Waals surface area contributed by atoms with Crippen LogP contribution in [0, 0.1) is 0 Å². The number of rotatable bonds is 3. The minimum absolute atomic E-state index is 0.0405. The van der Waals surface area contributed by atoms with Crippen molar-refractivity contribution in [3.8, 4) is 0 Å². The third-order valence-corrected chi connectivity index (χ3v) is 4.47. The Morgan fingerprint density at radius 1 is 1.22 bits per heavy atom. The number of amides is 2. The van der Waals surface area contributed by atoms with Gasteiger partial charge in [0.25, 0.3) is 0 Å². The van der Waals surface area contributed by atoms with Crippen LogP contribution < -0.4 is 5.32 Å². The van der Waals surface area contributed by atoms with Crippen LogP contribution in [0.5, 0.6) is 0 Å². The Balaban J connectivity index is 2.26. The van der Waals surface area contributed by atoms with Crippen LogP contribution in [0.15, 0.2) is 0 Å². The summed E-state index contributed by atoms with van der Waals surface area (Å²) in [7, 11) is 0. The second kappa shape index (κ2) is 5.29. The monoisotopic (exact) mass is 252 g/mol. The lowest BCUT2D eigenvalue weighted by Gasteiger charge is -2.36. The van der Waals surface area contributed by atoms with Gasteiger partial charge in [0.15, 0.2) is 0 Å². The van der Waals surface area contributed by atoms with Crippen molar-refractivity contribution in [1.29, 1.82) is 0 Å². The van der Waals surface area contributed by atoms with E-state index in [9.17, 15) is 9.59 Å². The zero-order valence-corrected chi connectivity index (χ0v) is 11.5. The second-order valence-electron chi connectivity index (χ2n) is 5.56. The Kier molecular flexibility index (Phi) is 3.93. The summed E-state index contributed by atoms with van der Waals surface area (Å²) in [6.45, 7) is 4.81. The van der Waals surface area contributed by atoms with Gasteiger partial charge >= 0.3 is 0 Å². The molecule has 18 heavy (non-hydrogen) atoms. The molecule has 0 aromatic carbocycles. The molecule has 2 fully saturated rings. The first-order valence-corrected chi connectivity index (χ1v) is 7.25. The lowest BCUT2D eigenvalue weighted by Crippen LogP contribution is -2.57. The van der Waals surface area contributed by atoms with Crippen LogP contribution in [0.3, 0.4) is 0 Å². The molecule has 0 aromatic heterocycles. The molecule has 1 heterocycles. The molecule has 0 radical (unpaired) electrons. The number of nitrogens with zero attached hydrogens (tertiary/aromatic N) is 1. The maximum atomic E-state index is 12.8. The maximum absolute atomic E-state index is 12.8. The second-order valence-corrected chi connectivity index (χ2v) is 5.56. The average Bonchev–Trinajstić information content (AvgIpc) is 2.78. The highest BCUT2D eigenvalue weighted by Crippen LogP contribution is 2.34. The first-order valence-electron chi connectivity index (χ1n) is 7.25. The summed E-state index contributed by atoms with van der Waals surface area (Å²) in [5.41, 5.74) is -0.573. The highest BCUT2D eigenvalue weighted by molar-refractivity contribution is 5.94. The van der Waals surface area contributed by atoms with E-state index in [1.165, 1.54) is 0 Å². The molecule has 0 aromatic rings. The van der Waals surface area contributed by atoms with Crippen LogP contribution in [-0.4, -0.2) is 34.8 Å². The molecule has 2 aliphatic rings. The van der Waals surface area contributed by atoms with Crippen molar-refractivity contribution in [2.75, 3.05) is 6.54 Å². The summed E-state index contributed by atoms with van der Waals surface area (Å²) >= 11 is 0. The van der Waals surface area contributed by atoms with Crippen molar-refractivity contribution < 1.29 is 9.59 Å². The average molecular weight is 252 g/mol. The predicted octanol–water partition coefficient (Wildman–Crippen LogP) is 1.84. The summed E-state index contributed by atoms with van der Waals surface area (Å²) < 4.78 is 0. The van der Waals surface area contributed by atoms with Crippen LogP contribution in [0.4, 0.5) is 0 Å². The predicted molar refractivity (Wildman–Crippen MR) is 70.0 cm³/mol. The van der Waals surface area contributed by atoms with Gasteiger partial charge in [0.05, 0.1) is 0 Å². The molecule has 1 saturated heterocycles. The standard InChI is InChI=1S/C14H24N2O2/c1-3-11(4-2)16-10-7-12(17)15-14(13(16)18)8-5-6-9-14/h11H,3-10H2,1-2H3,(H,15,17). The molecule has 1 saturated carbocycles. The molecule has 1 spiro atoms. The zero-order chi connectivity index (χ0) is 13.2. The van der Waals surface area contributed by atoms with E-state index in [0.717, 1.165) is 38.5 Å². The number of hydrogen-bond acceptors (Lipinski definition) is 2. The van der Waals surface area contributed by atoms with Crippen LogP contribution in [0.2, 0.25) is 0 Å². The Labute approximate surface area is 109 Å². The van der Waals surface area contributed by atoms with E-state index in [2.05, 4.69) is 19.2 Å². The lowest BCUT2D eigenvalue weighted by atomic mass is 9.94. The summed E-state index contributed by atoms with van der Waals surface area (Å²) in [6.07, 6.45) is 6.09. The molecule has 0 bridgehead atoms. The van der Waals surface area contributed by atoms with E-state index in [1.54, 1.807) is 0 Å². The van der Waals surface area contributed by atoms with Gasteiger partial charge < -0.3 is 10.2 Å². The molecule has 1 aliphatic heterocycles. The normalized spacial score (nSPS) is 23.6. The SMILES string of the molecule is CCC(CC)N1CCC(=O)NC2(CCCC2)C1=O. The minimum atomic E-state index is -0.573. The topological polar surface area (TPSA) is 49.4 Å². The van der Waals surface area contributed by atoms with Gasteiger partial charge in [0, 0.05) is 19.0 Å². The number of carbonyl (C=O) groups is 2. The van der Waals surface area contributed by atoms with E-state index >= 15 is 0 Å². The fourth-order valence-corrected chi connectivity index (χ4v) is 3.38. The smallest absolute Gasteiger partial charge is 0.248 e. The van der Waals surface area contributed by atoms with Crippen molar-refractivity contribution in [3.63, 3.8) is 0 Å². The van der Waals surface area contributed by atoms with Gasteiger partial charge in [-0.2, -0.15) is 0 Å². The Morgan fingerprint density at radius 2 is 1.83 bits per heavy atom. The van der Waals surface area contributed by atoms with Crippen LogP contribution >= 0.6 is 0 Å². The van der Waals surface area contributed by atoms with Crippen molar-refractivity contribution in [1.82, 2.24) is 10.2 Å². The van der Waals surface area contributed by atoms with E-state index in [-0.39, 0.29) is 17.9 Å². The van der Waals surface area contributed by atoms with E-state index < -0.39 is 5.54 Å². The van der Waals surface area contributed by atoms with Crippen molar-refractivity contribution in [2.24, 2.45) is 0 Å². The molecular formula is C14H24N2O2. The van der Waals surface area contributed by atoms with Crippen molar-refractivity contribution in [3.05, 3.63) is 0 Å². The first-order chi connectivity index (χ1) is 8.63. The fraction of sp³-hybridized carbons (Fsp3) is 0.857. The van der Waals surface area contributed by atoms with Crippen LogP contribution in [0.1, 0.15) is 58.8 Å². The Bertz CT molecular complexity index is 331. The lowest BCUT2D eigenvalue weighted by molar-refractivity contribution is -0.140. The molecular weight excluding hydrogens is 228 g/mol. The van der Waals surface area contributed by atoms with E-state index in [0.29, 0.717) is 13.0 Å². The molecule has 2 amide bonds. The van der Waals surface area contributed by atoms with Gasteiger partial charge in [0.1, 0.15) is 5.54 Å². The van der Waals surface area contributed by atoms with Gasteiger partial charge in [-0.3, -0.25) is 9.59 Å². The number of nitrogens with one attached hydrogen (secondary N) is 1. The van der Waals surface area contributed by atoms with E-state index in [4.69, 9.17) is 0 Å².